The van der Waals surface area contributed by atoms with Crippen molar-refractivity contribution in [1.29, 1.82) is 0 Å². The van der Waals surface area contributed by atoms with Gasteiger partial charge in [0.05, 0.1) is 11.5 Å². The predicted octanol–water partition coefficient (Wildman–Crippen LogP) is 2.89. The Morgan fingerprint density at radius 3 is 2.67 bits per heavy atom. The first-order chi connectivity index (χ1) is 11.2. The molecule has 3 atom stereocenters. The lowest BCUT2D eigenvalue weighted by molar-refractivity contribution is -0.313. The van der Waals surface area contributed by atoms with E-state index < -0.39 is 29.5 Å². The van der Waals surface area contributed by atoms with Crippen molar-refractivity contribution in [1.82, 2.24) is 5.01 Å². The molecule has 8 heteroatoms. The summed E-state index contributed by atoms with van der Waals surface area (Å²) in [5.74, 6) is -2.93. The molecule has 1 aliphatic heterocycles. The third kappa shape index (κ3) is 2.36. The molecular weight excluding hydrogens is 325 g/mol. The Kier molecular flexibility index (Phi) is 3.82. The molecule has 1 aliphatic carbocycles. The van der Waals surface area contributed by atoms with Gasteiger partial charge in [0.1, 0.15) is 5.75 Å². The number of para-hydroxylation sites is 1. The first-order valence-electron chi connectivity index (χ1n) is 7.65. The summed E-state index contributed by atoms with van der Waals surface area (Å²) in [7, 11) is 0. The molecule has 5 nitrogen and oxygen atoms in total. The van der Waals surface area contributed by atoms with Crippen molar-refractivity contribution in [2.75, 3.05) is 0 Å². The zero-order valence-electron chi connectivity index (χ0n) is 12.9. The van der Waals surface area contributed by atoms with Crippen molar-refractivity contribution in [3.05, 3.63) is 29.8 Å². The maximum Gasteiger partial charge on any atom is 0.439 e. The largest absolute Gasteiger partial charge is 0.507 e. The van der Waals surface area contributed by atoms with Crippen LogP contribution in [0.5, 0.6) is 5.75 Å². The van der Waals surface area contributed by atoms with Crippen LogP contribution in [0.15, 0.2) is 29.4 Å². The molecular formula is C16H17F3N2O3. The van der Waals surface area contributed by atoms with Crippen LogP contribution in [0.4, 0.5) is 13.2 Å². The number of phenolic OH excluding ortho intramolecular Hbond substituents is 1. The number of rotatable bonds is 1. The summed E-state index contributed by atoms with van der Waals surface area (Å²) in [4.78, 5) is 12.6. The maximum atomic E-state index is 13.7. The van der Waals surface area contributed by atoms with E-state index in [4.69, 9.17) is 0 Å². The fraction of sp³-hybridized carbons (Fsp3) is 0.500. The number of nitrogens with zero attached hydrogens (tertiary/aromatic N) is 2. The Morgan fingerprint density at radius 1 is 1.38 bits per heavy atom. The topological polar surface area (TPSA) is 73.1 Å². The van der Waals surface area contributed by atoms with Crippen LogP contribution in [0, 0.1) is 11.8 Å². The van der Waals surface area contributed by atoms with E-state index >= 15 is 0 Å². The molecule has 0 bridgehead atoms. The molecule has 0 aromatic heterocycles. The van der Waals surface area contributed by atoms with Crippen molar-refractivity contribution in [3.63, 3.8) is 0 Å². The fourth-order valence-electron chi connectivity index (χ4n) is 3.38. The number of aliphatic hydroxyl groups is 1. The molecule has 1 aromatic carbocycles. The number of amides is 1. The van der Waals surface area contributed by atoms with E-state index in [-0.39, 0.29) is 28.6 Å². The van der Waals surface area contributed by atoms with Crippen molar-refractivity contribution in [3.8, 4) is 5.75 Å². The van der Waals surface area contributed by atoms with Gasteiger partial charge in [-0.15, -0.1) is 0 Å². The molecule has 3 rings (SSSR count). The summed E-state index contributed by atoms with van der Waals surface area (Å²) in [5, 5.41) is 24.2. The monoisotopic (exact) mass is 342 g/mol. The van der Waals surface area contributed by atoms with Gasteiger partial charge in [0.15, 0.2) is 0 Å². The lowest BCUT2D eigenvalue weighted by Crippen LogP contribution is -2.61. The van der Waals surface area contributed by atoms with Gasteiger partial charge in [0.2, 0.25) is 0 Å². The number of halogens is 3. The van der Waals surface area contributed by atoms with E-state index in [0.29, 0.717) is 12.8 Å². The van der Waals surface area contributed by atoms with Gasteiger partial charge in [-0.1, -0.05) is 19.1 Å². The van der Waals surface area contributed by atoms with Gasteiger partial charge in [-0.3, -0.25) is 4.79 Å². The van der Waals surface area contributed by atoms with E-state index in [1.165, 1.54) is 24.3 Å². The summed E-state index contributed by atoms with van der Waals surface area (Å²) in [5.41, 5.74) is -3.55. The van der Waals surface area contributed by atoms with Crippen LogP contribution >= 0.6 is 0 Å². The smallest absolute Gasteiger partial charge is 0.439 e. The predicted molar refractivity (Wildman–Crippen MR) is 79.2 cm³/mol. The average Bonchev–Trinajstić information content (AvgIpc) is 2.81. The Hall–Kier alpha value is -2.09. The molecule has 3 unspecified atom stereocenters. The van der Waals surface area contributed by atoms with Crippen molar-refractivity contribution < 1.29 is 28.2 Å². The van der Waals surface area contributed by atoms with Gasteiger partial charge in [-0.25, -0.2) is 0 Å². The highest BCUT2D eigenvalue weighted by Crippen LogP contribution is 2.49. The highest BCUT2D eigenvalue weighted by atomic mass is 19.4. The third-order valence-corrected chi connectivity index (χ3v) is 4.71. The number of carbonyl (C=O) groups excluding carboxylic acids is 1. The molecule has 2 aliphatic rings. The average molecular weight is 342 g/mol. The molecule has 0 saturated heterocycles. The standard InChI is InChI=1S/C16H17F3N2O3/c1-9-6-7-12-11(8-9)15(24,16(17,18)19)21(20-12)14(23)10-4-2-3-5-13(10)22/h2-5,9,11,22,24H,6-8H2,1H3. The lowest BCUT2D eigenvalue weighted by Gasteiger charge is -2.39. The van der Waals surface area contributed by atoms with E-state index in [0.717, 1.165) is 0 Å². The number of hydrogen-bond donors (Lipinski definition) is 2. The van der Waals surface area contributed by atoms with Crippen molar-refractivity contribution in [2.24, 2.45) is 16.9 Å². The van der Waals surface area contributed by atoms with E-state index in [1.54, 1.807) is 6.92 Å². The van der Waals surface area contributed by atoms with Crippen molar-refractivity contribution in [2.45, 2.75) is 38.1 Å². The summed E-state index contributed by atoms with van der Waals surface area (Å²) in [6.07, 6.45) is -4.02. The first-order valence-corrected chi connectivity index (χ1v) is 7.65. The van der Waals surface area contributed by atoms with Crippen LogP contribution in [0.1, 0.15) is 36.5 Å². The zero-order chi connectivity index (χ0) is 17.7. The van der Waals surface area contributed by atoms with Gasteiger partial charge < -0.3 is 10.2 Å². The van der Waals surface area contributed by atoms with Gasteiger partial charge in [0.25, 0.3) is 11.6 Å². The molecule has 1 aromatic rings. The second-order valence-electron chi connectivity index (χ2n) is 6.38. The number of fused-ring (bicyclic) bond motifs is 1. The molecule has 24 heavy (non-hydrogen) atoms. The van der Waals surface area contributed by atoms with Crippen LogP contribution in [0.2, 0.25) is 0 Å². The number of phenols is 1. The molecule has 2 N–H and O–H groups in total. The Bertz CT molecular complexity index is 704. The summed E-state index contributed by atoms with van der Waals surface area (Å²) in [6.45, 7) is 1.81. The minimum atomic E-state index is -5.07. The molecule has 0 radical (unpaired) electrons. The minimum Gasteiger partial charge on any atom is -0.507 e. The van der Waals surface area contributed by atoms with Gasteiger partial charge in [-0.2, -0.15) is 23.3 Å². The molecule has 1 amide bonds. The molecule has 1 saturated carbocycles. The second-order valence-corrected chi connectivity index (χ2v) is 6.38. The van der Waals surface area contributed by atoms with E-state index in [2.05, 4.69) is 5.10 Å². The van der Waals surface area contributed by atoms with Gasteiger partial charge in [-0.05, 0) is 37.3 Å². The van der Waals surface area contributed by atoms with Gasteiger partial charge in [0, 0.05) is 5.71 Å². The number of hydrazone groups is 1. The van der Waals surface area contributed by atoms with E-state index in [9.17, 15) is 28.2 Å². The highest BCUT2D eigenvalue weighted by Gasteiger charge is 2.68. The normalized spacial score (nSPS) is 30.0. The third-order valence-electron chi connectivity index (χ3n) is 4.71. The number of benzene rings is 1. The Balaban J connectivity index is 2.07. The quantitative estimate of drug-likeness (QED) is 0.824. The van der Waals surface area contributed by atoms with Crippen LogP contribution in [0.25, 0.3) is 0 Å². The van der Waals surface area contributed by atoms with Crippen molar-refractivity contribution >= 4 is 11.6 Å². The fourth-order valence-corrected chi connectivity index (χ4v) is 3.38. The number of alkyl halides is 3. The Morgan fingerprint density at radius 2 is 2.04 bits per heavy atom. The molecule has 0 spiro atoms. The minimum absolute atomic E-state index is 0.0111. The number of aromatic hydroxyl groups is 1. The number of carbonyl (C=O) groups is 1. The van der Waals surface area contributed by atoms with Crippen LogP contribution in [-0.2, 0) is 0 Å². The van der Waals surface area contributed by atoms with Crippen LogP contribution in [-0.4, -0.2) is 38.7 Å². The maximum absolute atomic E-state index is 13.7. The summed E-state index contributed by atoms with van der Waals surface area (Å²) < 4.78 is 41.1. The highest BCUT2D eigenvalue weighted by molar-refractivity contribution is 6.01. The van der Waals surface area contributed by atoms with Crippen LogP contribution < -0.4 is 0 Å². The zero-order valence-corrected chi connectivity index (χ0v) is 12.9. The number of hydrogen-bond acceptors (Lipinski definition) is 4. The first kappa shape index (κ1) is 16.8. The van der Waals surface area contributed by atoms with Gasteiger partial charge >= 0.3 is 6.18 Å². The Labute approximate surface area is 136 Å². The summed E-state index contributed by atoms with van der Waals surface area (Å²) in [6, 6.07) is 5.24. The second kappa shape index (κ2) is 5.47. The van der Waals surface area contributed by atoms with Crippen LogP contribution in [0.3, 0.4) is 0 Å². The molecule has 1 heterocycles. The van der Waals surface area contributed by atoms with E-state index in [1.807, 2.05) is 0 Å². The molecule has 1 fully saturated rings. The lowest BCUT2D eigenvalue weighted by atomic mass is 9.76. The molecule has 130 valence electrons. The summed E-state index contributed by atoms with van der Waals surface area (Å²) >= 11 is 0. The SMILES string of the molecule is CC1CCC2=NN(C(=O)c3ccccc3O)C(O)(C(F)(F)F)C2C1.